The number of amidine groups is 1. The first-order chi connectivity index (χ1) is 14.9. The molecule has 31 heavy (non-hydrogen) atoms. The Morgan fingerprint density at radius 2 is 1.81 bits per heavy atom. The van der Waals surface area contributed by atoms with Gasteiger partial charge >= 0.3 is 0 Å². The van der Waals surface area contributed by atoms with Gasteiger partial charge in [0.15, 0.2) is 5.17 Å². The van der Waals surface area contributed by atoms with Crippen LogP contribution in [0.15, 0.2) is 41.4 Å². The van der Waals surface area contributed by atoms with Crippen LogP contribution in [0.25, 0.3) is 11.1 Å². The molecule has 0 bridgehead atoms. The Hall–Kier alpha value is -2.31. The first-order valence-corrected chi connectivity index (χ1v) is 11.8. The monoisotopic (exact) mass is 437 g/mol. The van der Waals surface area contributed by atoms with Crippen molar-refractivity contribution in [3.8, 4) is 16.9 Å². The second-order valence-corrected chi connectivity index (χ2v) is 9.69. The maximum atomic E-state index is 12.5. The number of likely N-dealkylation sites (N-methyl/N-ethyl adjacent to an activating group) is 1. The lowest BCUT2D eigenvalue weighted by atomic mass is 9.96. The van der Waals surface area contributed by atoms with Gasteiger partial charge in [0.2, 0.25) is 0 Å². The van der Waals surface area contributed by atoms with Crippen LogP contribution in [0, 0.1) is 13.8 Å². The predicted molar refractivity (Wildman–Crippen MR) is 129 cm³/mol. The molecule has 1 unspecified atom stereocenters. The number of piperazine rings is 1. The third-order valence-electron chi connectivity index (χ3n) is 6.14. The number of nitrogens with zero attached hydrogens (tertiary/aromatic N) is 3. The number of rotatable bonds is 5. The molecular formula is C25H31N3O2S. The molecule has 1 amide bonds. The highest BCUT2D eigenvalue weighted by molar-refractivity contribution is 8.15. The maximum absolute atomic E-state index is 12.5. The lowest BCUT2D eigenvalue weighted by Crippen LogP contribution is -2.46. The van der Waals surface area contributed by atoms with Crippen molar-refractivity contribution >= 4 is 22.8 Å². The van der Waals surface area contributed by atoms with Gasteiger partial charge in [-0.2, -0.15) is 4.99 Å². The standard InChI is InChI=1S/C25H31N3O2S/c1-17-5-8-20(18(2)15-17)21-9-6-19(16-22(21)30-4)7-10-23-24(29)26-25(31-23)28-13-11-27(3)12-14-28/h5-6,8-9,15-16,23H,7,10-14H2,1-4H3. The summed E-state index contributed by atoms with van der Waals surface area (Å²) in [7, 11) is 3.85. The quantitative estimate of drug-likeness (QED) is 0.703. The largest absolute Gasteiger partial charge is 0.496 e. The fourth-order valence-corrected chi connectivity index (χ4v) is 5.34. The van der Waals surface area contributed by atoms with Crippen LogP contribution in [-0.4, -0.2) is 66.5 Å². The van der Waals surface area contributed by atoms with E-state index in [0.717, 1.165) is 55.5 Å². The van der Waals surface area contributed by atoms with E-state index in [1.54, 1.807) is 18.9 Å². The highest BCUT2D eigenvalue weighted by atomic mass is 32.2. The van der Waals surface area contributed by atoms with Crippen LogP contribution in [0.1, 0.15) is 23.1 Å². The molecular weight excluding hydrogens is 406 g/mol. The Labute approximate surface area is 189 Å². The van der Waals surface area contributed by atoms with E-state index >= 15 is 0 Å². The van der Waals surface area contributed by atoms with Gasteiger partial charge in [0, 0.05) is 31.7 Å². The van der Waals surface area contributed by atoms with Gasteiger partial charge in [-0.1, -0.05) is 47.7 Å². The van der Waals surface area contributed by atoms with Crippen molar-refractivity contribution in [1.29, 1.82) is 0 Å². The SMILES string of the molecule is COc1cc(CCC2SC(N3CCN(C)CC3)=NC2=O)ccc1-c1ccc(C)cc1C. The van der Waals surface area contributed by atoms with Gasteiger partial charge in [-0.25, -0.2) is 0 Å². The zero-order valence-electron chi connectivity index (χ0n) is 18.9. The molecule has 6 heteroatoms. The number of aryl methyl sites for hydroxylation is 3. The van der Waals surface area contributed by atoms with E-state index < -0.39 is 0 Å². The molecule has 0 saturated carbocycles. The van der Waals surface area contributed by atoms with E-state index in [1.165, 1.54) is 22.3 Å². The van der Waals surface area contributed by atoms with E-state index in [-0.39, 0.29) is 11.2 Å². The number of ether oxygens (including phenoxy) is 1. The van der Waals surface area contributed by atoms with Crippen LogP contribution < -0.4 is 4.74 Å². The number of carbonyl (C=O) groups excluding carboxylic acids is 1. The molecule has 164 valence electrons. The number of methoxy groups -OCH3 is 1. The molecule has 2 aromatic rings. The van der Waals surface area contributed by atoms with E-state index in [2.05, 4.69) is 72.1 Å². The summed E-state index contributed by atoms with van der Waals surface area (Å²) >= 11 is 1.64. The van der Waals surface area contributed by atoms with Crippen molar-refractivity contribution in [2.24, 2.45) is 4.99 Å². The molecule has 4 rings (SSSR count). The van der Waals surface area contributed by atoms with E-state index in [1.807, 2.05) is 0 Å². The summed E-state index contributed by atoms with van der Waals surface area (Å²) in [6.45, 7) is 8.17. The zero-order valence-corrected chi connectivity index (χ0v) is 19.7. The summed E-state index contributed by atoms with van der Waals surface area (Å²) in [5.41, 5.74) is 5.99. The molecule has 5 nitrogen and oxygen atoms in total. The molecule has 0 N–H and O–H groups in total. The fraction of sp³-hybridized carbons (Fsp3) is 0.440. The summed E-state index contributed by atoms with van der Waals surface area (Å²) in [6, 6.07) is 12.9. The summed E-state index contributed by atoms with van der Waals surface area (Å²) in [4.78, 5) is 21.4. The molecule has 2 aliphatic heterocycles. The van der Waals surface area contributed by atoms with Crippen molar-refractivity contribution in [3.05, 3.63) is 53.1 Å². The second kappa shape index (κ2) is 9.45. The van der Waals surface area contributed by atoms with Gasteiger partial charge in [-0.3, -0.25) is 4.79 Å². The number of hydrogen-bond donors (Lipinski definition) is 0. The van der Waals surface area contributed by atoms with Crippen LogP contribution in [0.4, 0.5) is 0 Å². The van der Waals surface area contributed by atoms with E-state index in [4.69, 9.17) is 4.74 Å². The topological polar surface area (TPSA) is 45.1 Å². The van der Waals surface area contributed by atoms with Crippen molar-refractivity contribution < 1.29 is 9.53 Å². The smallest absolute Gasteiger partial charge is 0.261 e. The Kier molecular flexibility index (Phi) is 6.68. The minimum absolute atomic E-state index is 0.0118. The summed E-state index contributed by atoms with van der Waals surface area (Å²) in [6.07, 6.45) is 1.62. The number of carbonyl (C=O) groups is 1. The van der Waals surface area contributed by atoms with Gasteiger partial charge in [0.05, 0.1) is 12.4 Å². The molecule has 0 aromatic heterocycles. The first-order valence-electron chi connectivity index (χ1n) is 10.9. The zero-order chi connectivity index (χ0) is 22.0. The number of benzene rings is 2. The van der Waals surface area contributed by atoms with Gasteiger partial charge in [-0.05, 0) is 56.5 Å². The maximum Gasteiger partial charge on any atom is 0.261 e. The van der Waals surface area contributed by atoms with Crippen molar-refractivity contribution in [1.82, 2.24) is 9.80 Å². The molecule has 2 aromatic carbocycles. The van der Waals surface area contributed by atoms with E-state index in [9.17, 15) is 4.79 Å². The minimum Gasteiger partial charge on any atom is -0.496 e. The second-order valence-electron chi connectivity index (χ2n) is 8.52. The van der Waals surface area contributed by atoms with Crippen molar-refractivity contribution in [3.63, 3.8) is 0 Å². The predicted octanol–water partition coefficient (Wildman–Crippen LogP) is 4.16. The first kappa shape index (κ1) is 21.9. The Morgan fingerprint density at radius 3 is 2.52 bits per heavy atom. The van der Waals surface area contributed by atoms with Gasteiger partial charge in [0.25, 0.3) is 5.91 Å². The van der Waals surface area contributed by atoms with Crippen molar-refractivity contribution in [2.75, 3.05) is 40.3 Å². The molecule has 0 radical (unpaired) electrons. The van der Waals surface area contributed by atoms with Gasteiger partial charge < -0.3 is 14.5 Å². The number of aliphatic imine (C=N–C) groups is 1. The molecule has 1 saturated heterocycles. The highest BCUT2D eigenvalue weighted by Crippen LogP contribution is 2.34. The number of amides is 1. The van der Waals surface area contributed by atoms with Crippen LogP contribution in [0.5, 0.6) is 5.75 Å². The Morgan fingerprint density at radius 1 is 1.06 bits per heavy atom. The molecule has 0 spiro atoms. The highest BCUT2D eigenvalue weighted by Gasteiger charge is 2.32. The summed E-state index contributed by atoms with van der Waals surface area (Å²) < 4.78 is 5.72. The van der Waals surface area contributed by atoms with Crippen LogP contribution in [-0.2, 0) is 11.2 Å². The number of hydrogen-bond acceptors (Lipinski definition) is 5. The van der Waals surface area contributed by atoms with Crippen LogP contribution in [0.2, 0.25) is 0 Å². The van der Waals surface area contributed by atoms with Gasteiger partial charge in [0.1, 0.15) is 5.75 Å². The van der Waals surface area contributed by atoms with E-state index in [0.29, 0.717) is 0 Å². The fourth-order valence-electron chi connectivity index (χ4n) is 4.22. The molecule has 1 fully saturated rings. The molecule has 0 aliphatic carbocycles. The number of thioether (sulfide) groups is 1. The third-order valence-corrected chi connectivity index (χ3v) is 7.42. The summed E-state index contributed by atoms with van der Waals surface area (Å²) in [5.74, 6) is 0.891. The minimum atomic E-state index is -0.0836. The summed E-state index contributed by atoms with van der Waals surface area (Å²) in [5, 5.41) is 0.825. The Bertz CT molecular complexity index is 996. The van der Waals surface area contributed by atoms with Crippen LogP contribution in [0.3, 0.4) is 0 Å². The molecule has 2 aliphatic rings. The molecule has 1 atom stereocenters. The average molecular weight is 438 g/mol. The average Bonchev–Trinajstić information content (AvgIpc) is 3.13. The Balaban J connectivity index is 1.41. The van der Waals surface area contributed by atoms with Gasteiger partial charge in [-0.15, -0.1) is 0 Å². The normalized spacial score (nSPS) is 19.6. The third kappa shape index (κ3) is 4.96. The van der Waals surface area contributed by atoms with Crippen LogP contribution >= 0.6 is 11.8 Å². The molecule has 2 heterocycles. The van der Waals surface area contributed by atoms with Crippen molar-refractivity contribution in [2.45, 2.75) is 31.9 Å². The lowest BCUT2D eigenvalue weighted by molar-refractivity contribution is -0.117. The lowest BCUT2D eigenvalue weighted by Gasteiger charge is -2.33.